The number of carboxylic acids is 3. The third-order valence-electron chi connectivity index (χ3n) is 6.09. The molecule has 0 bridgehead atoms. The van der Waals surface area contributed by atoms with Crippen LogP contribution in [0.2, 0.25) is 0 Å². The Morgan fingerprint density at radius 2 is 0.913 bits per heavy atom. The Morgan fingerprint density at radius 1 is 0.587 bits per heavy atom. The maximum absolute atomic E-state index is 12.6. The maximum Gasteiger partial charge on any atom is 0.317 e. The summed E-state index contributed by atoms with van der Waals surface area (Å²) in [5.41, 5.74) is 8.16. The summed E-state index contributed by atoms with van der Waals surface area (Å²) in [6, 6.07) is 0. The zero-order valence-electron chi connectivity index (χ0n) is 25.6. The standard InChI is InChI=1S/C24H44N8O10.4ClH/c25-28-27-2-12-41-14-16-42-15-13-40-11-1-26-21(33)17-29-3-5-30(18-22(34)35)7-9-32(20-24(38)39)10-8-31(6-4-29)19-23(36)37;;;;/h1-20H2,(H,26,33)(H,34,35)(H,36,37)(H,38,39);4*1H. The van der Waals surface area contributed by atoms with E-state index < -0.39 is 17.9 Å². The smallest absolute Gasteiger partial charge is 0.317 e. The zero-order valence-corrected chi connectivity index (χ0v) is 28.9. The second kappa shape index (κ2) is 33.0. The number of nitrogens with zero attached hydrogens (tertiary/aromatic N) is 7. The number of azide groups is 1. The Bertz CT molecular complexity index is 849. The molecule has 22 heteroatoms. The predicted molar refractivity (Wildman–Crippen MR) is 177 cm³/mol. The molecule has 0 saturated carbocycles. The van der Waals surface area contributed by atoms with E-state index in [0.717, 1.165) is 0 Å². The van der Waals surface area contributed by atoms with Crippen molar-refractivity contribution in [3.8, 4) is 0 Å². The SMILES string of the molecule is Cl.Cl.Cl.Cl.[N-]=[N+]=NCCOCCOCCOCCNC(=O)CN1CCN(CC(=O)O)CCN(CC(=O)O)CCN(CC(=O)O)CC1. The van der Waals surface area contributed by atoms with Crippen LogP contribution in [0.4, 0.5) is 0 Å². The van der Waals surface area contributed by atoms with Gasteiger partial charge in [0.05, 0.1) is 65.8 Å². The zero-order chi connectivity index (χ0) is 31.0. The molecule has 0 atom stereocenters. The number of ether oxygens (including phenoxy) is 3. The van der Waals surface area contributed by atoms with E-state index in [1.54, 1.807) is 14.7 Å². The van der Waals surface area contributed by atoms with Crippen LogP contribution < -0.4 is 5.32 Å². The number of aliphatic carboxylic acids is 3. The maximum atomic E-state index is 12.6. The first-order valence-electron chi connectivity index (χ1n) is 13.7. The molecule has 1 aliphatic rings. The van der Waals surface area contributed by atoms with Crippen molar-refractivity contribution in [2.45, 2.75) is 0 Å². The summed E-state index contributed by atoms with van der Waals surface area (Å²) in [6.07, 6.45) is 0. The van der Waals surface area contributed by atoms with Crippen molar-refractivity contribution < 1.29 is 48.7 Å². The van der Waals surface area contributed by atoms with Crippen LogP contribution >= 0.6 is 49.6 Å². The van der Waals surface area contributed by atoms with Gasteiger partial charge in [-0.15, -0.1) is 49.6 Å². The minimum absolute atomic E-state index is 0. The molecule has 4 N–H and O–H groups in total. The van der Waals surface area contributed by atoms with Crippen LogP contribution in [0.1, 0.15) is 0 Å². The summed E-state index contributed by atoms with van der Waals surface area (Å²) in [5.74, 6) is -3.29. The van der Waals surface area contributed by atoms with Gasteiger partial charge in [0.15, 0.2) is 0 Å². The van der Waals surface area contributed by atoms with Gasteiger partial charge in [-0.05, 0) is 5.53 Å². The molecular formula is C24H48Cl4N8O10. The molecular weight excluding hydrogens is 702 g/mol. The fourth-order valence-corrected chi connectivity index (χ4v) is 4.00. The number of rotatable bonds is 20. The van der Waals surface area contributed by atoms with E-state index in [4.69, 9.17) is 19.7 Å². The first-order chi connectivity index (χ1) is 20.2. The molecule has 0 aromatic carbocycles. The van der Waals surface area contributed by atoms with Crippen LogP contribution in [0.25, 0.3) is 10.4 Å². The van der Waals surface area contributed by atoms with E-state index in [-0.39, 0.29) is 101 Å². The van der Waals surface area contributed by atoms with Crippen molar-refractivity contribution in [1.29, 1.82) is 0 Å². The number of hydrogen-bond donors (Lipinski definition) is 4. The van der Waals surface area contributed by atoms with E-state index in [2.05, 4.69) is 15.3 Å². The van der Waals surface area contributed by atoms with Crippen molar-refractivity contribution >= 4 is 73.4 Å². The summed E-state index contributed by atoms with van der Waals surface area (Å²) in [7, 11) is 0. The van der Waals surface area contributed by atoms with Gasteiger partial charge in [0.25, 0.3) is 0 Å². The minimum atomic E-state index is -1.02. The van der Waals surface area contributed by atoms with E-state index >= 15 is 0 Å². The van der Waals surface area contributed by atoms with Crippen LogP contribution in [0.3, 0.4) is 0 Å². The highest BCUT2D eigenvalue weighted by molar-refractivity contribution is 5.86. The van der Waals surface area contributed by atoms with Gasteiger partial charge >= 0.3 is 17.9 Å². The summed E-state index contributed by atoms with van der Waals surface area (Å²) < 4.78 is 16.0. The number of hydrogen-bond acceptors (Lipinski definition) is 12. The van der Waals surface area contributed by atoms with Crippen molar-refractivity contribution in [3.05, 3.63) is 10.4 Å². The molecule has 18 nitrogen and oxygen atoms in total. The molecule has 272 valence electrons. The summed E-state index contributed by atoms with van der Waals surface area (Å²) in [4.78, 5) is 56.2. The van der Waals surface area contributed by atoms with E-state index in [0.29, 0.717) is 85.4 Å². The molecule has 0 spiro atoms. The second-order valence-electron chi connectivity index (χ2n) is 9.43. The third-order valence-corrected chi connectivity index (χ3v) is 6.09. The van der Waals surface area contributed by atoms with Gasteiger partial charge in [-0.25, -0.2) is 0 Å². The molecule has 1 amide bonds. The Labute approximate surface area is 293 Å². The van der Waals surface area contributed by atoms with Crippen molar-refractivity contribution in [2.24, 2.45) is 5.11 Å². The fraction of sp³-hybridized carbons (Fsp3) is 0.833. The fourth-order valence-electron chi connectivity index (χ4n) is 4.00. The molecule has 0 aromatic heterocycles. The number of amides is 1. The lowest BCUT2D eigenvalue weighted by atomic mass is 10.3. The lowest BCUT2D eigenvalue weighted by Crippen LogP contribution is -2.50. The van der Waals surface area contributed by atoms with Crippen molar-refractivity contribution in [2.75, 3.05) is 131 Å². The third kappa shape index (κ3) is 29.5. The van der Waals surface area contributed by atoms with Crippen LogP contribution in [0, 0.1) is 0 Å². The van der Waals surface area contributed by atoms with Crippen LogP contribution in [-0.4, -0.2) is 190 Å². The highest BCUT2D eigenvalue weighted by atomic mass is 35.5. The highest BCUT2D eigenvalue weighted by Crippen LogP contribution is 2.01. The monoisotopic (exact) mass is 748 g/mol. The number of carboxylic acid groups (broad SMARTS) is 3. The second-order valence-corrected chi connectivity index (χ2v) is 9.43. The van der Waals surface area contributed by atoms with Crippen LogP contribution in [0.15, 0.2) is 5.11 Å². The molecule has 1 saturated heterocycles. The van der Waals surface area contributed by atoms with Crippen LogP contribution in [0.5, 0.6) is 0 Å². The van der Waals surface area contributed by atoms with Gasteiger partial charge in [0.1, 0.15) is 0 Å². The molecule has 1 fully saturated rings. The highest BCUT2D eigenvalue weighted by Gasteiger charge is 2.21. The molecule has 46 heavy (non-hydrogen) atoms. The van der Waals surface area contributed by atoms with E-state index in [9.17, 15) is 34.5 Å². The largest absolute Gasteiger partial charge is 0.480 e. The Morgan fingerprint density at radius 3 is 1.26 bits per heavy atom. The number of carbonyl (C=O) groups excluding carboxylic acids is 1. The topological polar surface area (TPSA) is 230 Å². The summed E-state index contributed by atoms with van der Waals surface area (Å²) >= 11 is 0. The molecule has 0 aromatic rings. The van der Waals surface area contributed by atoms with Gasteiger partial charge in [-0.3, -0.25) is 38.8 Å². The Hall–Kier alpha value is -1.93. The van der Waals surface area contributed by atoms with Gasteiger partial charge in [-0.2, -0.15) is 0 Å². The van der Waals surface area contributed by atoms with Crippen LogP contribution in [-0.2, 0) is 33.4 Å². The molecule has 1 aliphatic heterocycles. The Balaban J connectivity index is -0.00000220. The first-order valence-corrected chi connectivity index (χ1v) is 13.7. The Kier molecular flexibility index (Phi) is 36.5. The normalized spacial score (nSPS) is 15.1. The summed E-state index contributed by atoms with van der Waals surface area (Å²) in [6.45, 7) is 4.58. The molecule has 0 unspecified atom stereocenters. The van der Waals surface area contributed by atoms with Gasteiger partial charge in [0, 0.05) is 70.4 Å². The average molecular weight is 751 g/mol. The van der Waals surface area contributed by atoms with Gasteiger partial charge in [-0.1, -0.05) is 5.11 Å². The first kappa shape index (κ1) is 50.9. The molecule has 0 radical (unpaired) electrons. The van der Waals surface area contributed by atoms with Gasteiger partial charge in [0.2, 0.25) is 5.91 Å². The van der Waals surface area contributed by atoms with Crippen molar-refractivity contribution in [3.63, 3.8) is 0 Å². The lowest BCUT2D eigenvalue weighted by molar-refractivity contribution is -0.140. The van der Waals surface area contributed by atoms with Gasteiger partial charge < -0.3 is 34.8 Å². The lowest BCUT2D eigenvalue weighted by Gasteiger charge is -2.32. The number of halogens is 4. The minimum Gasteiger partial charge on any atom is -0.480 e. The van der Waals surface area contributed by atoms with E-state index in [1.807, 2.05) is 4.90 Å². The van der Waals surface area contributed by atoms with E-state index in [1.165, 1.54) is 0 Å². The van der Waals surface area contributed by atoms with Crippen molar-refractivity contribution in [1.82, 2.24) is 24.9 Å². The molecule has 1 rings (SSSR count). The number of carbonyl (C=O) groups is 4. The molecule has 1 heterocycles. The summed E-state index contributed by atoms with van der Waals surface area (Å²) in [5, 5.41) is 34.0. The molecule has 0 aliphatic carbocycles. The average Bonchev–Trinajstić information content (AvgIpc) is 2.91. The number of nitrogens with one attached hydrogen (secondary N) is 1. The quantitative estimate of drug-likeness (QED) is 0.0539. The predicted octanol–water partition coefficient (Wildman–Crippen LogP) is -0.375.